The zero-order valence-corrected chi connectivity index (χ0v) is 13.0. The average molecular weight is 300 g/mol. The maximum Gasteiger partial charge on any atom is 0.257 e. The molecule has 2 atom stereocenters. The molecular formula is C13H24N4O2S. The topological polar surface area (TPSA) is 86.9 Å². The zero-order valence-electron chi connectivity index (χ0n) is 12.1. The van der Waals surface area contributed by atoms with Crippen molar-refractivity contribution in [1.29, 1.82) is 0 Å². The van der Waals surface area contributed by atoms with Gasteiger partial charge in [0.05, 0.1) is 6.20 Å². The molecule has 20 heavy (non-hydrogen) atoms. The van der Waals surface area contributed by atoms with Crippen LogP contribution in [-0.4, -0.2) is 37.5 Å². The third kappa shape index (κ3) is 3.59. The molecule has 0 aliphatic carbocycles. The number of imidazole rings is 1. The van der Waals surface area contributed by atoms with Crippen molar-refractivity contribution >= 4 is 10.0 Å². The fourth-order valence-corrected chi connectivity index (χ4v) is 3.68. The van der Waals surface area contributed by atoms with Crippen molar-refractivity contribution in [2.75, 3.05) is 13.1 Å². The first-order valence-electron chi connectivity index (χ1n) is 7.33. The van der Waals surface area contributed by atoms with E-state index in [1.165, 1.54) is 19.0 Å². The van der Waals surface area contributed by atoms with Gasteiger partial charge in [0, 0.05) is 19.0 Å². The van der Waals surface area contributed by atoms with Crippen LogP contribution in [0.2, 0.25) is 0 Å². The molecule has 1 aromatic rings. The third-order valence-corrected chi connectivity index (χ3v) is 5.31. The van der Waals surface area contributed by atoms with E-state index in [1.807, 2.05) is 6.92 Å². The second kappa shape index (κ2) is 6.69. The molecule has 3 N–H and O–H groups in total. The van der Waals surface area contributed by atoms with E-state index in [-0.39, 0.29) is 11.1 Å². The summed E-state index contributed by atoms with van der Waals surface area (Å²) in [6, 6.07) is 0.220. The van der Waals surface area contributed by atoms with E-state index in [0.29, 0.717) is 24.7 Å². The smallest absolute Gasteiger partial charge is 0.257 e. The van der Waals surface area contributed by atoms with Gasteiger partial charge in [0.2, 0.25) is 0 Å². The van der Waals surface area contributed by atoms with Crippen LogP contribution in [0.5, 0.6) is 0 Å². The first-order valence-corrected chi connectivity index (χ1v) is 8.82. The standard InChI is InChI=1S/C13H24N4O2S/c1-3-10-6-5-7-14-11(10)8-16-20(18,19)13-9-15-12(4-2)17-13/h9-11,14,16H,3-8H2,1-2H3,(H,15,17). The Bertz CT molecular complexity index is 526. The van der Waals surface area contributed by atoms with Crippen molar-refractivity contribution in [3.05, 3.63) is 12.0 Å². The van der Waals surface area contributed by atoms with Crippen LogP contribution >= 0.6 is 0 Å². The Kier molecular flexibility index (Phi) is 5.17. The summed E-state index contributed by atoms with van der Waals surface area (Å²) in [5.41, 5.74) is 0. The Labute approximate surface area is 120 Å². The molecular weight excluding hydrogens is 276 g/mol. The third-order valence-electron chi connectivity index (χ3n) is 3.97. The highest BCUT2D eigenvalue weighted by atomic mass is 32.2. The van der Waals surface area contributed by atoms with Gasteiger partial charge in [-0.25, -0.2) is 18.1 Å². The number of hydrogen-bond acceptors (Lipinski definition) is 4. The lowest BCUT2D eigenvalue weighted by Gasteiger charge is -2.32. The van der Waals surface area contributed by atoms with Crippen molar-refractivity contribution in [2.24, 2.45) is 5.92 Å². The minimum atomic E-state index is -3.49. The predicted octanol–water partition coefficient (Wildman–Crippen LogP) is 1.03. The summed E-state index contributed by atoms with van der Waals surface area (Å²) < 4.78 is 27.1. The first kappa shape index (κ1) is 15.5. The quantitative estimate of drug-likeness (QED) is 0.732. The minimum Gasteiger partial charge on any atom is -0.332 e. The van der Waals surface area contributed by atoms with Crippen molar-refractivity contribution in [2.45, 2.75) is 50.6 Å². The summed E-state index contributed by atoms with van der Waals surface area (Å²) >= 11 is 0. The van der Waals surface area contributed by atoms with E-state index in [4.69, 9.17) is 0 Å². The Morgan fingerprint density at radius 1 is 1.45 bits per heavy atom. The van der Waals surface area contributed by atoms with Crippen molar-refractivity contribution in [3.63, 3.8) is 0 Å². The number of piperidine rings is 1. The van der Waals surface area contributed by atoms with E-state index in [9.17, 15) is 8.42 Å². The first-order chi connectivity index (χ1) is 9.56. The van der Waals surface area contributed by atoms with Crippen LogP contribution < -0.4 is 10.0 Å². The van der Waals surface area contributed by atoms with Gasteiger partial charge in [-0.1, -0.05) is 20.3 Å². The Morgan fingerprint density at radius 3 is 2.90 bits per heavy atom. The summed E-state index contributed by atoms with van der Waals surface area (Å²) in [5, 5.41) is 3.56. The molecule has 2 heterocycles. The van der Waals surface area contributed by atoms with E-state index >= 15 is 0 Å². The van der Waals surface area contributed by atoms with Crippen LogP contribution in [0.3, 0.4) is 0 Å². The number of nitrogens with one attached hydrogen (secondary N) is 3. The highest BCUT2D eigenvalue weighted by molar-refractivity contribution is 7.89. The van der Waals surface area contributed by atoms with Gasteiger partial charge < -0.3 is 10.3 Å². The van der Waals surface area contributed by atoms with E-state index in [2.05, 4.69) is 26.9 Å². The molecule has 0 amide bonds. The van der Waals surface area contributed by atoms with Gasteiger partial charge in [-0.05, 0) is 25.3 Å². The molecule has 0 radical (unpaired) electrons. The highest BCUT2D eigenvalue weighted by Crippen LogP contribution is 2.19. The monoisotopic (exact) mass is 300 g/mol. The predicted molar refractivity (Wildman–Crippen MR) is 78.0 cm³/mol. The van der Waals surface area contributed by atoms with Crippen LogP contribution in [0.1, 0.15) is 38.9 Å². The maximum atomic E-state index is 12.2. The second-order valence-corrected chi connectivity index (χ2v) is 7.01. The summed E-state index contributed by atoms with van der Waals surface area (Å²) in [4.78, 5) is 6.87. The van der Waals surface area contributed by atoms with Gasteiger partial charge in [-0.2, -0.15) is 0 Å². The van der Waals surface area contributed by atoms with Crippen LogP contribution in [0.15, 0.2) is 11.2 Å². The summed E-state index contributed by atoms with van der Waals surface area (Å²) in [6.07, 6.45) is 5.48. The molecule has 1 fully saturated rings. The molecule has 1 aromatic heterocycles. The molecule has 2 unspecified atom stereocenters. The number of hydrogen-bond donors (Lipinski definition) is 3. The Balaban J connectivity index is 1.98. The Hall–Kier alpha value is -0.920. The van der Waals surface area contributed by atoms with Gasteiger partial charge in [0.15, 0.2) is 5.03 Å². The summed E-state index contributed by atoms with van der Waals surface area (Å²) in [6.45, 7) is 5.48. The lowest BCUT2D eigenvalue weighted by molar-refractivity contribution is 0.273. The SMILES string of the molecule is CCc1ncc(S(=O)(=O)NCC2NCCCC2CC)[nH]1. The van der Waals surface area contributed by atoms with Crippen LogP contribution in [0.4, 0.5) is 0 Å². The van der Waals surface area contributed by atoms with Crippen LogP contribution in [0, 0.1) is 5.92 Å². The molecule has 7 heteroatoms. The zero-order chi connectivity index (χ0) is 14.6. The molecule has 2 rings (SSSR count). The minimum absolute atomic E-state index is 0.151. The van der Waals surface area contributed by atoms with E-state index in [1.54, 1.807) is 0 Å². The molecule has 0 aromatic carbocycles. The van der Waals surface area contributed by atoms with E-state index < -0.39 is 10.0 Å². The van der Waals surface area contributed by atoms with Gasteiger partial charge in [-0.15, -0.1) is 0 Å². The molecule has 6 nitrogen and oxygen atoms in total. The fourth-order valence-electron chi connectivity index (χ4n) is 2.68. The lowest BCUT2D eigenvalue weighted by Crippen LogP contribution is -2.48. The second-order valence-electron chi connectivity index (χ2n) is 5.27. The molecule has 0 spiro atoms. The largest absolute Gasteiger partial charge is 0.332 e. The van der Waals surface area contributed by atoms with Gasteiger partial charge in [0.1, 0.15) is 5.82 Å². The normalized spacial score (nSPS) is 23.9. The number of sulfonamides is 1. The van der Waals surface area contributed by atoms with E-state index in [0.717, 1.165) is 13.0 Å². The lowest BCUT2D eigenvalue weighted by atomic mass is 9.89. The number of H-pyrrole nitrogens is 1. The number of aromatic nitrogens is 2. The molecule has 1 aliphatic heterocycles. The summed E-state index contributed by atoms with van der Waals surface area (Å²) in [7, 11) is -3.49. The van der Waals surface area contributed by atoms with Crippen LogP contribution in [-0.2, 0) is 16.4 Å². The number of aromatic amines is 1. The molecule has 1 saturated heterocycles. The Morgan fingerprint density at radius 2 is 2.25 bits per heavy atom. The maximum absolute atomic E-state index is 12.2. The van der Waals surface area contributed by atoms with Gasteiger partial charge >= 0.3 is 0 Å². The van der Waals surface area contributed by atoms with Crippen LogP contribution in [0.25, 0.3) is 0 Å². The van der Waals surface area contributed by atoms with Gasteiger partial charge in [0.25, 0.3) is 10.0 Å². The molecule has 0 saturated carbocycles. The number of nitrogens with zero attached hydrogens (tertiary/aromatic N) is 1. The average Bonchev–Trinajstić information content (AvgIpc) is 2.95. The molecule has 114 valence electrons. The highest BCUT2D eigenvalue weighted by Gasteiger charge is 2.25. The summed E-state index contributed by atoms with van der Waals surface area (Å²) in [5.74, 6) is 1.23. The van der Waals surface area contributed by atoms with Crippen molar-refractivity contribution < 1.29 is 8.42 Å². The van der Waals surface area contributed by atoms with Gasteiger partial charge in [-0.3, -0.25) is 0 Å². The van der Waals surface area contributed by atoms with Crippen molar-refractivity contribution in [3.8, 4) is 0 Å². The van der Waals surface area contributed by atoms with Crippen molar-refractivity contribution in [1.82, 2.24) is 20.0 Å². The number of rotatable bonds is 6. The molecule has 0 bridgehead atoms. The molecule has 1 aliphatic rings. The number of aryl methyl sites for hydroxylation is 1. The fraction of sp³-hybridized carbons (Fsp3) is 0.769.